The van der Waals surface area contributed by atoms with Crippen molar-refractivity contribution in [3.63, 3.8) is 0 Å². The molecule has 1 heteroatoms. The van der Waals surface area contributed by atoms with Gasteiger partial charge in [0.05, 0.1) is 0 Å². The number of carbonyl (C=O) groups is 1. The first kappa shape index (κ1) is 14.7. The van der Waals surface area contributed by atoms with Crippen LogP contribution in [0.1, 0.15) is 79.6 Å². The van der Waals surface area contributed by atoms with Gasteiger partial charge in [-0.25, -0.2) is 0 Å². The molecular formula is C16H30O. The van der Waals surface area contributed by atoms with Crippen molar-refractivity contribution in [3.8, 4) is 0 Å². The highest BCUT2D eigenvalue weighted by atomic mass is 16.1. The van der Waals surface area contributed by atoms with E-state index in [9.17, 15) is 4.79 Å². The minimum atomic E-state index is 0.228. The summed E-state index contributed by atoms with van der Waals surface area (Å²) < 4.78 is 0. The van der Waals surface area contributed by atoms with Crippen LogP contribution in [0, 0.1) is 16.7 Å². The molecule has 0 N–H and O–H groups in total. The van der Waals surface area contributed by atoms with Crippen LogP contribution in [0.15, 0.2) is 0 Å². The topological polar surface area (TPSA) is 17.1 Å². The normalized spacial score (nSPS) is 21.5. The Kier molecular flexibility index (Phi) is 4.80. The van der Waals surface area contributed by atoms with E-state index in [0.29, 0.717) is 11.7 Å². The molecule has 17 heavy (non-hydrogen) atoms. The third-order valence-corrected chi connectivity index (χ3v) is 5.12. The Hall–Kier alpha value is -0.330. The van der Waals surface area contributed by atoms with Crippen LogP contribution in [0.2, 0.25) is 0 Å². The van der Waals surface area contributed by atoms with E-state index in [1.54, 1.807) is 0 Å². The van der Waals surface area contributed by atoms with E-state index in [0.717, 1.165) is 12.8 Å². The van der Waals surface area contributed by atoms with Crippen LogP contribution in [-0.4, -0.2) is 5.78 Å². The van der Waals surface area contributed by atoms with Gasteiger partial charge in [-0.3, -0.25) is 4.79 Å². The van der Waals surface area contributed by atoms with Crippen molar-refractivity contribution in [2.75, 3.05) is 0 Å². The molecule has 0 radical (unpaired) electrons. The summed E-state index contributed by atoms with van der Waals surface area (Å²) in [5.41, 5.74) is 0.457. The lowest BCUT2D eigenvalue weighted by atomic mass is 10.0. The second-order valence-corrected chi connectivity index (χ2v) is 6.86. The Balaban J connectivity index is 2.15. The van der Waals surface area contributed by atoms with E-state index in [1.165, 1.54) is 32.1 Å². The molecule has 1 rings (SSSR count). The maximum atomic E-state index is 12.1. The zero-order valence-electron chi connectivity index (χ0n) is 12.4. The molecule has 1 aliphatic rings. The number of hydrogen-bond acceptors (Lipinski definition) is 1. The molecule has 0 aromatic heterocycles. The SMILES string of the molecule is CCCCCCCCC(=O)C1C(C)(C)C1(C)C. The van der Waals surface area contributed by atoms with Gasteiger partial charge < -0.3 is 0 Å². The van der Waals surface area contributed by atoms with Crippen molar-refractivity contribution in [2.45, 2.75) is 79.6 Å². The summed E-state index contributed by atoms with van der Waals surface area (Å²) >= 11 is 0. The predicted octanol–water partition coefficient (Wildman–Crippen LogP) is 4.99. The van der Waals surface area contributed by atoms with Crippen molar-refractivity contribution in [1.29, 1.82) is 0 Å². The molecular weight excluding hydrogens is 208 g/mol. The number of ketones is 1. The number of carbonyl (C=O) groups excluding carboxylic acids is 1. The van der Waals surface area contributed by atoms with E-state index >= 15 is 0 Å². The number of rotatable bonds is 8. The molecule has 0 amide bonds. The van der Waals surface area contributed by atoms with E-state index in [4.69, 9.17) is 0 Å². The molecule has 1 nitrogen and oxygen atoms in total. The Morgan fingerprint density at radius 3 is 1.82 bits per heavy atom. The van der Waals surface area contributed by atoms with Crippen LogP contribution >= 0.6 is 0 Å². The monoisotopic (exact) mass is 238 g/mol. The Labute approximate surface area is 107 Å². The first-order valence-corrected chi connectivity index (χ1v) is 7.38. The van der Waals surface area contributed by atoms with Crippen LogP contribution in [0.25, 0.3) is 0 Å². The van der Waals surface area contributed by atoms with Gasteiger partial charge in [0.2, 0.25) is 0 Å². The van der Waals surface area contributed by atoms with Gasteiger partial charge in [0, 0.05) is 12.3 Å². The van der Waals surface area contributed by atoms with Gasteiger partial charge in [-0.1, -0.05) is 66.7 Å². The number of hydrogen-bond donors (Lipinski definition) is 0. The van der Waals surface area contributed by atoms with Gasteiger partial charge in [-0.2, -0.15) is 0 Å². The van der Waals surface area contributed by atoms with Crippen molar-refractivity contribution < 1.29 is 4.79 Å². The molecule has 0 heterocycles. The van der Waals surface area contributed by atoms with Gasteiger partial charge in [-0.05, 0) is 17.3 Å². The lowest BCUT2D eigenvalue weighted by Crippen LogP contribution is -2.06. The quantitative estimate of drug-likeness (QED) is 0.544. The highest BCUT2D eigenvalue weighted by molar-refractivity contribution is 5.86. The summed E-state index contributed by atoms with van der Waals surface area (Å²) in [5.74, 6) is 0.820. The number of unbranched alkanes of at least 4 members (excludes halogenated alkanes) is 5. The summed E-state index contributed by atoms with van der Waals surface area (Å²) in [6.07, 6.45) is 8.43. The Morgan fingerprint density at radius 1 is 0.882 bits per heavy atom. The molecule has 0 aromatic carbocycles. The number of Topliss-reactive ketones (excluding diaryl/α,β-unsaturated/α-hetero) is 1. The molecule has 0 spiro atoms. The standard InChI is InChI=1S/C16H30O/c1-6-7-8-9-10-11-12-13(17)14-15(2,3)16(14,4)5/h14H,6-12H2,1-5H3. The van der Waals surface area contributed by atoms with Crippen LogP contribution in [-0.2, 0) is 4.79 Å². The lowest BCUT2D eigenvalue weighted by Gasteiger charge is -2.03. The first-order chi connectivity index (χ1) is 7.85. The van der Waals surface area contributed by atoms with Crippen molar-refractivity contribution >= 4 is 5.78 Å². The zero-order chi connectivity index (χ0) is 13.1. The largest absolute Gasteiger partial charge is 0.299 e. The molecule has 0 atom stereocenters. The minimum absolute atomic E-state index is 0.228. The van der Waals surface area contributed by atoms with Gasteiger partial charge in [0.1, 0.15) is 5.78 Å². The average Bonchev–Trinajstić information content (AvgIpc) is 2.63. The fraction of sp³-hybridized carbons (Fsp3) is 0.938. The zero-order valence-corrected chi connectivity index (χ0v) is 12.4. The van der Waals surface area contributed by atoms with Crippen molar-refractivity contribution in [1.82, 2.24) is 0 Å². The van der Waals surface area contributed by atoms with Gasteiger partial charge in [0.25, 0.3) is 0 Å². The van der Waals surface area contributed by atoms with E-state index in [-0.39, 0.29) is 10.8 Å². The highest BCUT2D eigenvalue weighted by Crippen LogP contribution is 2.68. The molecule has 0 aromatic rings. The fourth-order valence-corrected chi connectivity index (χ4v) is 3.23. The first-order valence-electron chi connectivity index (χ1n) is 7.38. The lowest BCUT2D eigenvalue weighted by molar-refractivity contribution is -0.121. The molecule has 100 valence electrons. The van der Waals surface area contributed by atoms with E-state index in [2.05, 4.69) is 34.6 Å². The third kappa shape index (κ3) is 3.11. The van der Waals surface area contributed by atoms with Crippen LogP contribution in [0.4, 0.5) is 0 Å². The van der Waals surface area contributed by atoms with E-state index in [1.807, 2.05) is 0 Å². The van der Waals surface area contributed by atoms with Gasteiger partial charge in [0.15, 0.2) is 0 Å². The second-order valence-electron chi connectivity index (χ2n) is 6.86. The summed E-state index contributed by atoms with van der Waals surface area (Å²) in [6.45, 7) is 11.2. The maximum Gasteiger partial charge on any atom is 0.137 e. The molecule has 1 aliphatic carbocycles. The molecule has 1 fully saturated rings. The summed E-state index contributed by atoms with van der Waals surface area (Å²) in [4.78, 5) is 12.1. The summed E-state index contributed by atoms with van der Waals surface area (Å²) in [7, 11) is 0. The van der Waals surface area contributed by atoms with E-state index < -0.39 is 0 Å². The fourth-order valence-electron chi connectivity index (χ4n) is 3.23. The maximum absolute atomic E-state index is 12.1. The van der Waals surface area contributed by atoms with Crippen LogP contribution in [0.5, 0.6) is 0 Å². The molecule has 0 bridgehead atoms. The smallest absolute Gasteiger partial charge is 0.137 e. The molecule has 0 saturated heterocycles. The third-order valence-electron chi connectivity index (χ3n) is 5.12. The average molecular weight is 238 g/mol. The molecule has 0 aliphatic heterocycles. The van der Waals surface area contributed by atoms with Crippen molar-refractivity contribution in [2.24, 2.45) is 16.7 Å². The summed E-state index contributed by atoms with van der Waals surface area (Å²) in [6, 6.07) is 0. The van der Waals surface area contributed by atoms with Gasteiger partial charge >= 0.3 is 0 Å². The highest BCUT2D eigenvalue weighted by Gasteiger charge is 2.67. The van der Waals surface area contributed by atoms with Crippen LogP contribution < -0.4 is 0 Å². The summed E-state index contributed by atoms with van der Waals surface area (Å²) in [5, 5.41) is 0. The van der Waals surface area contributed by atoms with Gasteiger partial charge in [-0.15, -0.1) is 0 Å². The molecule has 0 unspecified atom stereocenters. The minimum Gasteiger partial charge on any atom is -0.299 e. The Morgan fingerprint density at radius 2 is 1.35 bits per heavy atom. The van der Waals surface area contributed by atoms with Crippen LogP contribution in [0.3, 0.4) is 0 Å². The second kappa shape index (κ2) is 5.54. The van der Waals surface area contributed by atoms with Crippen molar-refractivity contribution in [3.05, 3.63) is 0 Å². The predicted molar refractivity (Wildman–Crippen MR) is 74.1 cm³/mol. The Bertz CT molecular complexity index is 249. The molecule has 1 saturated carbocycles.